The lowest BCUT2D eigenvalue weighted by atomic mass is 9.70. The molecule has 0 aromatic carbocycles. The molecule has 1 saturated heterocycles. The van der Waals surface area contributed by atoms with Gasteiger partial charge in [0.15, 0.2) is 0 Å². The summed E-state index contributed by atoms with van der Waals surface area (Å²) in [5.74, 6) is 0.221. The minimum absolute atomic E-state index is 0.265. The summed E-state index contributed by atoms with van der Waals surface area (Å²) in [7, 11) is 0. The van der Waals surface area contributed by atoms with E-state index in [0.717, 1.165) is 0 Å². The minimum atomic E-state index is -0.834. The molecule has 0 saturated carbocycles. The maximum atomic E-state index is 12.3. The zero-order chi connectivity index (χ0) is 16.5. The summed E-state index contributed by atoms with van der Waals surface area (Å²) in [4.78, 5) is 20.6. The van der Waals surface area contributed by atoms with E-state index in [2.05, 4.69) is 15.3 Å². The van der Waals surface area contributed by atoms with Crippen molar-refractivity contribution in [1.82, 2.24) is 19.7 Å². The van der Waals surface area contributed by atoms with E-state index in [1.165, 1.54) is 0 Å². The molecule has 23 heavy (non-hydrogen) atoms. The molecule has 7 heteroatoms. The number of aromatic nitrogens is 3. The Labute approximate surface area is 134 Å². The molecule has 0 radical (unpaired) electrons. The monoisotopic (exact) mass is 318 g/mol. The Bertz CT molecular complexity index is 671. The summed E-state index contributed by atoms with van der Waals surface area (Å²) < 4.78 is 7.02. The van der Waals surface area contributed by atoms with Crippen molar-refractivity contribution in [2.75, 3.05) is 19.8 Å². The molecule has 7 nitrogen and oxygen atoms in total. The number of amides is 1. The van der Waals surface area contributed by atoms with Crippen LogP contribution in [-0.2, 0) is 4.74 Å². The molecular formula is C16H22N4O3. The van der Waals surface area contributed by atoms with Crippen molar-refractivity contribution in [2.24, 2.45) is 5.41 Å². The predicted octanol–water partition coefficient (Wildman–Crippen LogP) is 1.03. The highest BCUT2D eigenvalue weighted by Gasteiger charge is 2.44. The van der Waals surface area contributed by atoms with Crippen LogP contribution in [0.5, 0.6) is 0 Å². The molecule has 3 rings (SSSR count). The van der Waals surface area contributed by atoms with E-state index in [-0.39, 0.29) is 5.91 Å². The number of nitrogens with zero attached hydrogens (tertiary/aromatic N) is 3. The number of ether oxygens (including phenoxy) is 1. The van der Waals surface area contributed by atoms with Crippen molar-refractivity contribution in [1.29, 1.82) is 0 Å². The highest BCUT2D eigenvalue weighted by atomic mass is 16.5. The first kappa shape index (κ1) is 15.9. The van der Waals surface area contributed by atoms with Crippen molar-refractivity contribution in [3.05, 3.63) is 30.4 Å². The molecule has 2 aromatic rings. The van der Waals surface area contributed by atoms with Crippen LogP contribution in [0, 0.1) is 5.41 Å². The third kappa shape index (κ3) is 3.07. The second kappa shape index (κ2) is 5.90. The second-order valence-corrected chi connectivity index (χ2v) is 6.66. The van der Waals surface area contributed by atoms with Crippen LogP contribution in [-0.4, -0.2) is 50.7 Å². The fraction of sp³-hybridized carbons (Fsp3) is 0.562. The Hall–Kier alpha value is -1.99. The summed E-state index contributed by atoms with van der Waals surface area (Å²) in [6, 6.07) is 1.78. The number of hydrogen-bond donors (Lipinski definition) is 2. The van der Waals surface area contributed by atoms with Crippen LogP contribution >= 0.6 is 0 Å². The maximum absolute atomic E-state index is 12.3. The summed E-state index contributed by atoms with van der Waals surface area (Å²) >= 11 is 0. The van der Waals surface area contributed by atoms with E-state index in [9.17, 15) is 9.90 Å². The van der Waals surface area contributed by atoms with Gasteiger partial charge in [0.2, 0.25) is 5.78 Å². The normalized spacial score (nSPS) is 18.0. The molecule has 0 spiro atoms. The average molecular weight is 318 g/mol. The van der Waals surface area contributed by atoms with E-state index < -0.39 is 11.0 Å². The van der Waals surface area contributed by atoms with E-state index in [1.807, 2.05) is 13.8 Å². The summed E-state index contributed by atoms with van der Waals surface area (Å²) in [5, 5.41) is 13.7. The van der Waals surface area contributed by atoms with Gasteiger partial charge in [-0.3, -0.25) is 9.20 Å². The third-order valence-corrected chi connectivity index (χ3v) is 4.74. The summed E-state index contributed by atoms with van der Waals surface area (Å²) in [6.45, 7) is 5.38. The van der Waals surface area contributed by atoms with Crippen LogP contribution < -0.4 is 5.32 Å². The Balaban J connectivity index is 1.68. The van der Waals surface area contributed by atoms with Gasteiger partial charge in [-0.25, -0.2) is 9.97 Å². The van der Waals surface area contributed by atoms with Crippen molar-refractivity contribution < 1.29 is 14.6 Å². The molecule has 2 aromatic heterocycles. The number of carbonyl (C=O) groups is 1. The van der Waals surface area contributed by atoms with Gasteiger partial charge in [0.05, 0.1) is 5.60 Å². The lowest BCUT2D eigenvalue weighted by Crippen LogP contribution is -2.53. The molecule has 3 heterocycles. The lowest BCUT2D eigenvalue weighted by molar-refractivity contribution is -0.130. The molecule has 0 bridgehead atoms. The Kier molecular flexibility index (Phi) is 4.08. The quantitative estimate of drug-likeness (QED) is 0.879. The molecule has 1 amide bonds. The number of fused-ring (bicyclic) bond motifs is 1. The molecule has 1 fully saturated rings. The highest BCUT2D eigenvalue weighted by Crippen LogP contribution is 2.38. The molecule has 0 aliphatic carbocycles. The van der Waals surface area contributed by atoms with Gasteiger partial charge >= 0.3 is 0 Å². The fourth-order valence-electron chi connectivity index (χ4n) is 2.88. The number of nitrogens with one attached hydrogen (secondary N) is 1. The highest BCUT2D eigenvalue weighted by molar-refractivity contribution is 5.92. The fourth-order valence-corrected chi connectivity index (χ4v) is 2.88. The van der Waals surface area contributed by atoms with Crippen molar-refractivity contribution in [2.45, 2.75) is 32.3 Å². The van der Waals surface area contributed by atoms with Crippen LogP contribution in [0.25, 0.3) is 5.78 Å². The molecular weight excluding hydrogens is 296 g/mol. The molecule has 1 aliphatic heterocycles. The molecule has 0 atom stereocenters. The first-order chi connectivity index (χ1) is 10.9. The number of rotatable bonds is 4. The Morgan fingerprint density at radius 3 is 2.91 bits per heavy atom. The van der Waals surface area contributed by atoms with Crippen LogP contribution in [0.1, 0.15) is 37.2 Å². The first-order valence-electron chi connectivity index (χ1n) is 7.79. The summed E-state index contributed by atoms with van der Waals surface area (Å²) in [6.07, 6.45) is 6.23. The number of aliphatic hydroxyl groups is 1. The van der Waals surface area contributed by atoms with E-state index in [1.54, 1.807) is 29.1 Å². The predicted molar refractivity (Wildman–Crippen MR) is 84.1 cm³/mol. The van der Waals surface area contributed by atoms with Crippen LogP contribution in [0.2, 0.25) is 0 Å². The van der Waals surface area contributed by atoms with E-state index in [4.69, 9.17) is 4.74 Å². The number of carbonyl (C=O) groups excluding carboxylic acids is 1. The van der Waals surface area contributed by atoms with Gasteiger partial charge in [0, 0.05) is 56.6 Å². The van der Waals surface area contributed by atoms with Gasteiger partial charge in [-0.2, -0.15) is 0 Å². The van der Waals surface area contributed by atoms with Crippen LogP contribution in [0.4, 0.5) is 0 Å². The largest absolute Gasteiger partial charge is 0.389 e. The Morgan fingerprint density at radius 1 is 1.48 bits per heavy atom. The summed E-state index contributed by atoms with van der Waals surface area (Å²) in [5.41, 5.74) is -0.971. The van der Waals surface area contributed by atoms with Gasteiger partial charge in [0.1, 0.15) is 5.69 Å². The van der Waals surface area contributed by atoms with Crippen LogP contribution in [0.15, 0.2) is 24.7 Å². The number of hydrogen-bond acceptors (Lipinski definition) is 5. The molecule has 0 unspecified atom stereocenters. The minimum Gasteiger partial charge on any atom is -0.389 e. The standard InChI is InChI=1S/C16H22N4O3/c1-15(2,16(22)4-8-23-9-5-16)11-18-13(21)12-10-20-7-3-6-17-14(20)19-12/h3,6-7,10,22H,4-5,8-9,11H2,1-2H3,(H,18,21). The topological polar surface area (TPSA) is 88.8 Å². The Morgan fingerprint density at radius 2 is 2.22 bits per heavy atom. The van der Waals surface area contributed by atoms with Gasteiger partial charge in [0.25, 0.3) is 5.91 Å². The second-order valence-electron chi connectivity index (χ2n) is 6.66. The first-order valence-corrected chi connectivity index (χ1v) is 7.79. The van der Waals surface area contributed by atoms with Crippen molar-refractivity contribution in [3.63, 3.8) is 0 Å². The smallest absolute Gasteiger partial charge is 0.271 e. The van der Waals surface area contributed by atoms with E-state index >= 15 is 0 Å². The lowest BCUT2D eigenvalue weighted by Gasteiger charge is -2.45. The van der Waals surface area contributed by atoms with Crippen molar-refractivity contribution >= 4 is 11.7 Å². The SMILES string of the molecule is CC(C)(CNC(=O)c1cn2cccnc2n1)C1(O)CCOCC1. The third-order valence-electron chi connectivity index (χ3n) is 4.74. The number of imidazole rings is 1. The molecule has 124 valence electrons. The van der Waals surface area contributed by atoms with Crippen molar-refractivity contribution in [3.8, 4) is 0 Å². The van der Waals surface area contributed by atoms with Gasteiger partial charge in [-0.15, -0.1) is 0 Å². The van der Waals surface area contributed by atoms with Gasteiger partial charge in [-0.1, -0.05) is 13.8 Å². The zero-order valence-corrected chi connectivity index (χ0v) is 13.5. The van der Waals surface area contributed by atoms with Gasteiger partial charge < -0.3 is 15.2 Å². The average Bonchev–Trinajstić information content (AvgIpc) is 2.97. The molecule has 2 N–H and O–H groups in total. The molecule has 1 aliphatic rings. The van der Waals surface area contributed by atoms with Crippen LogP contribution in [0.3, 0.4) is 0 Å². The maximum Gasteiger partial charge on any atom is 0.271 e. The van der Waals surface area contributed by atoms with E-state index in [0.29, 0.717) is 44.1 Å². The van der Waals surface area contributed by atoms with Gasteiger partial charge in [-0.05, 0) is 6.07 Å². The zero-order valence-electron chi connectivity index (χ0n) is 13.5.